The number of likely N-dealkylation sites (N-methyl/N-ethyl adjacent to an activating group) is 1. The van der Waals surface area contributed by atoms with Gasteiger partial charge in [0.2, 0.25) is 11.8 Å². The lowest BCUT2D eigenvalue weighted by atomic mass is 10.1. The molecule has 0 heterocycles. The summed E-state index contributed by atoms with van der Waals surface area (Å²) in [5.74, 6) is -0.871. The third-order valence-corrected chi connectivity index (χ3v) is 4.20. The predicted octanol–water partition coefficient (Wildman–Crippen LogP) is 2.94. The Morgan fingerprint density at radius 1 is 1.04 bits per heavy atom. The van der Waals surface area contributed by atoms with Gasteiger partial charge in [-0.05, 0) is 45.0 Å². The Labute approximate surface area is 159 Å². The van der Waals surface area contributed by atoms with Gasteiger partial charge in [0.1, 0.15) is 5.82 Å². The number of hydrogen-bond acceptors (Lipinski definition) is 3. The molecule has 0 aliphatic heterocycles. The molecule has 0 saturated carbocycles. The van der Waals surface area contributed by atoms with Gasteiger partial charge in [0, 0.05) is 17.8 Å². The van der Waals surface area contributed by atoms with E-state index in [-0.39, 0.29) is 30.7 Å². The first kappa shape index (κ1) is 20.6. The second-order valence-corrected chi connectivity index (χ2v) is 6.86. The number of benzene rings is 2. The van der Waals surface area contributed by atoms with Crippen molar-refractivity contribution in [2.75, 3.05) is 25.5 Å². The lowest BCUT2D eigenvalue weighted by Gasteiger charge is -2.17. The number of rotatable bonds is 7. The van der Waals surface area contributed by atoms with Crippen molar-refractivity contribution in [3.05, 3.63) is 64.5 Å². The van der Waals surface area contributed by atoms with E-state index >= 15 is 0 Å². The first-order valence-corrected chi connectivity index (χ1v) is 8.82. The van der Waals surface area contributed by atoms with E-state index in [1.165, 1.54) is 6.07 Å². The molecule has 2 N–H and O–H groups in total. The van der Waals surface area contributed by atoms with Gasteiger partial charge in [-0.2, -0.15) is 0 Å². The molecule has 0 radical (unpaired) electrons. The summed E-state index contributed by atoms with van der Waals surface area (Å²) >= 11 is 0. The van der Waals surface area contributed by atoms with Crippen LogP contribution in [-0.4, -0.2) is 36.9 Å². The lowest BCUT2D eigenvalue weighted by molar-refractivity contribution is -0.124. The van der Waals surface area contributed by atoms with Gasteiger partial charge in [-0.25, -0.2) is 4.39 Å². The molecular weight excluding hydrogens is 345 g/mol. The SMILES string of the molecule is Cc1cc(C)c(NC(=O)CNC(=O)CN(C)Cc2ccccc2F)c(C)c1. The number of nitrogens with one attached hydrogen (secondary N) is 2. The minimum atomic E-state index is -0.298. The maximum Gasteiger partial charge on any atom is 0.243 e. The molecule has 2 aromatic carbocycles. The van der Waals surface area contributed by atoms with E-state index in [0.29, 0.717) is 12.1 Å². The number of aryl methyl sites for hydroxylation is 3. The number of hydrogen-bond donors (Lipinski definition) is 2. The van der Waals surface area contributed by atoms with Crippen molar-refractivity contribution in [3.63, 3.8) is 0 Å². The van der Waals surface area contributed by atoms with E-state index in [0.717, 1.165) is 22.4 Å². The molecule has 0 aromatic heterocycles. The normalized spacial score (nSPS) is 10.7. The Balaban J connectivity index is 1.81. The molecule has 0 spiro atoms. The van der Waals surface area contributed by atoms with Gasteiger partial charge in [0.15, 0.2) is 0 Å². The first-order chi connectivity index (χ1) is 12.8. The molecule has 0 atom stereocenters. The smallest absolute Gasteiger partial charge is 0.243 e. The van der Waals surface area contributed by atoms with Crippen molar-refractivity contribution in [2.45, 2.75) is 27.3 Å². The zero-order valence-corrected chi connectivity index (χ0v) is 16.2. The summed E-state index contributed by atoms with van der Waals surface area (Å²) in [6, 6.07) is 10.5. The average molecular weight is 371 g/mol. The second kappa shape index (κ2) is 9.28. The molecule has 0 unspecified atom stereocenters. The molecule has 0 saturated heterocycles. The molecule has 0 bridgehead atoms. The summed E-state index contributed by atoms with van der Waals surface area (Å²) in [6.07, 6.45) is 0. The van der Waals surface area contributed by atoms with Crippen LogP contribution < -0.4 is 10.6 Å². The molecule has 144 valence electrons. The number of anilines is 1. The van der Waals surface area contributed by atoms with Crippen LogP contribution in [0.2, 0.25) is 0 Å². The summed E-state index contributed by atoms with van der Waals surface area (Å²) in [5.41, 5.74) is 4.40. The Morgan fingerprint density at radius 2 is 1.67 bits per heavy atom. The minimum absolute atomic E-state index is 0.0736. The van der Waals surface area contributed by atoms with Gasteiger partial charge >= 0.3 is 0 Å². The predicted molar refractivity (Wildman–Crippen MR) is 105 cm³/mol. The van der Waals surface area contributed by atoms with Gasteiger partial charge in [0.05, 0.1) is 13.1 Å². The van der Waals surface area contributed by atoms with E-state index in [4.69, 9.17) is 0 Å². The van der Waals surface area contributed by atoms with Crippen molar-refractivity contribution in [1.29, 1.82) is 0 Å². The highest BCUT2D eigenvalue weighted by molar-refractivity contribution is 5.96. The zero-order chi connectivity index (χ0) is 20.0. The van der Waals surface area contributed by atoms with Gasteiger partial charge < -0.3 is 10.6 Å². The summed E-state index contributed by atoms with van der Waals surface area (Å²) in [6.45, 7) is 6.15. The maximum absolute atomic E-state index is 13.7. The van der Waals surface area contributed by atoms with E-state index in [1.54, 1.807) is 30.1 Å². The highest BCUT2D eigenvalue weighted by atomic mass is 19.1. The topological polar surface area (TPSA) is 61.4 Å². The van der Waals surface area contributed by atoms with E-state index in [9.17, 15) is 14.0 Å². The second-order valence-electron chi connectivity index (χ2n) is 6.86. The van der Waals surface area contributed by atoms with Crippen LogP contribution in [-0.2, 0) is 16.1 Å². The third-order valence-electron chi connectivity index (χ3n) is 4.20. The Bertz CT molecular complexity index is 813. The van der Waals surface area contributed by atoms with Crippen LogP contribution in [0.25, 0.3) is 0 Å². The number of nitrogens with zero attached hydrogens (tertiary/aromatic N) is 1. The molecule has 2 rings (SSSR count). The van der Waals surface area contributed by atoms with E-state index in [1.807, 2.05) is 32.9 Å². The number of carbonyl (C=O) groups excluding carboxylic acids is 2. The zero-order valence-electron chi connectivity index (χ0n) is 16.2. The average Bonchev–Trinajstić information content (AvgIpc) is 2.58. The van der Waals surface area contributed by atoms with Crippen LogP contribution in [0.5, 0.6) is 0 Å². The minimum Gasteiger partial charge on any atom is -0.346 e. The molecule has 6 heteroatoms. The monoisotopic (exact) mass is 371 g/mol. The van der Waals surface area contributed by atoms with Crippen LogP contribution in [0.4, 0.5) is 10.1 Å². The fourth-order valence-corrected chi connectivity index (χ4v) is 3.01. The summed E-state index contributed by atoms with van der Waals surface area (Å²) < 4.78 is 13.7. The van der Waals surface area contributed by atoms with E-state index in [2.05, 4.69) is 10.6 Å². The molecule has 2 amide bonds. The van der Waals surface area contributed by atoms with Gasteiger partial charge in [0.25, 0.3) is 0 Å². The van der Waals surface area contributed by atoms with Crippen LogP contribution in [0, 0.1) is 26.6 Å². The highest BCUT2D eigenvalue weighted by Crippen LogP contribution is 2.21. The number of halogens is 1. The summed E-state index contributed by atoms with van der Waals surface area (Å²) in [5, 5.41) is 5.44. The van der Waals surface area contributed by atoms with Crippen LogP contribution in [0.15, 0.2) is 36.4 Å². The summed E-state index contributed by atoms with van der Waals surface area (Å²) in [4.78, 5) is 25.9. The van der Waals surface area contributed by atoms with Gasteiger partial charge in [-0.3, -0.25) is 14.5 Å². The summed E-state index contributed by atoms with van der Waals surface area (Å²) in [7, 11) is 1.73. The largest absolute Gasteiger partial charge is 0.346 e. The van der Waals surface area contributed by atoms with Gasteiger partial charge in [-0.1, -0.05) is 35.9 Å². The molecule has 27 heavy (non-hydrogen) atoms. The lowest BCUT2D eigenvalue weighted by Crippen LogP contribution is -2.39. The first-order valence-electron chi connectivity index (χ1n) is 8.82. The molecule has 0 aliphatic carbocycles. The third kappa shape index (κ3) is 6.18. The number of carbonyl (C=O) groups is 2. The van der Waals surface area contributed by atoms with Crippen LogP contribution in [0.1, 0.15) is 22.3 Å². The highest BCUT2D eigenvalue weighted by Gasteiger charge is 2.12. The Hall–Kier alpha value is -2.73. The Morgan fingerprint density at radius 3 is 2.30 bits per heavy atom. The standard InChI is InChI=1S/C21H26FN3O2/c1-14-9-15(2)21(16(3)10-14)24-19(26)11-23-20(27)13-25(4)12-17-7-5-6-8-18(17)22/h5-10H,11-13H2,1-4H3,(H,23,27)(H,24,26). The van der Waals surface area contributed by atoms with Crippen molar-refractivity contribution >= 4 is 17.5 Å². The van der Waals surface area contributed by atoms with Crippen molar-refractivity contribution in [3.8, 4) is 0 Å². The molecule has 5 nitrogen and oxygen atoms in total. The van der Waals surface area contributed by atoms with Crippen molar-refractivity contribution < 1.29 is 14.0 Å². The molecule has 0 aliphatic rings. The van der Waals surface area contributed by atoms with E-state index < -0.39 is 0 Å². The van der Waals surface area contributed by atoms with Gasteiger partial charge in [-0.15, -0.1) is 0 Å². The van der Waals surface area contributed by atoms with Crippen molar-refractivity contribution in [1.82, 2.24) is 10.2 Å². The fraction of sp³-hybridized carbons (Fsp3) is 0.333. The quantitative estimate of drug-likeness (QED) is 0.787. The van der Waals surface area contributed by atoms with Crippen LogP contribution in [0.3, 0.4) is 0 Å². The number of amides is 2. The molecular formula is C21H26FN3O2. The molecule has 2 aromatic rings. The molecule has 0 fully saturated rings. The maximum atomic E-state index is 13.7. The Kier molecular flexibility index (Phi) is 7.07. The van der Waals surface area contributed by atoms with Crippen LogP contribution >= 0.6 is 0 Å². The van der Waals surface area contributed by atoms with Crippen molar-refractivity contribution in [2.24, 2.45) is 0 Å². The fourth-order valence-electron chi connectivity index (χ4n) is 3.01.